The van der Waals surface area contributed by atoms with E-state index >= 15 is 0 Å². The zero-order valence-electron chi connectivity index (χ0n) is 40.1. The third-order valence-electron chi connectivity index (χ3n) is 9.99. The van der Waals surface area contributed by atoms with Crippen LogP contribution in [0.15, 0.2) is 24.3 Å². The highest BCUT2D eigenvalue weighted by Gasteiger charge is 2.08. The molecule has 0 aliphatic carbocycles. The fraction of sp³-hybridized carbons (Fsp3) is 0.875. The molecule has 0 fully saturated rings. The minimum absolute atomic E-state index is 0.231. The Morgan fingerprint density at radius 2 is 0.661 bits per heavy atom. The number of unbranched alkanes of at least 4 members (excludes halogenated alkanes) is 22. The normalized spacial score (nSPS) is 12.0. The van der Waals surface area contributed by atoms with Gasteiger partial charge in [-0.25, -0.2) is 0 Å². The molecule has 0 unspecified atom stereocenters. The SMILES string of the molecule is CCCCCCCCC=CCCCCCCCC(=O)NCCC[N+](C)(C)C.CCCCCCCCC=CCCCCCCCC(=O)NCCC[N+](C)(C)C.O=S(=O)([O-])[O-]. The molecule has 0 aromatic heterocycles. The zero-order chi connectivity index (χ0) is 44.9. The van der Waals surface area contributed by atoms with Crippen LogP contribution in [0.25, 0.3) is 0 Å². The van der Waals surface area contributed by atoms with E-state index in [1.807, 2.05) is 0 Å². The summed E-state index contributed by atoms with van der Waals surface area (Å²) in [6.07, 6.45) is 46.8. The highest BCUT2D eigenvalue weighted by atomic mass is 32.3. The summed E-state index contributed by atoms with van der Waals surface area (Å²) in [5.74, 6) is 0.461. The molecule has 0 spiro atoms. The summed E-state index contributed by atoms with van der Waals surface area (Å²) in [6, 6.07) is 0. The largest absolute Gasteiger partial charge is 0.759 e. The number of amides is 2. The molecular formula is C48H98N4O6S. The van der Waals surface area contributed by atoms with Gasteiger partial charge >= 0.3 is 0 Å². The molecule has 0 saturated carbocycles. The van der Waals surface area contributed by atoms with Crippen LogP contribution in [0.4, 0.5) is 0 Å². The summed E-state index contributed by atoms with van der Waals surface area (Å²) < 4.78 is 36.0. The van der Waals surface area contributed by atoms with Crippen molar-refractivity contribution in [2.24, 2.45) is 0 Å². The van der Waals surface area contributed by atoms with Gasteiger partial charge in [0.1, 0.15) is 0 Å². The van der Waals surface area contributed by atoms with Gasteiger partial charge in [-0.05, 0) is 64.2 Å². The molecule has 352 valence electrons. The topological polar surface area (TPSA) is 138 Å². The fourth-order valence-corrected chi connectivity index (χ4v) is 6.45. The Morgan fingerprint density at radius 1 is 0.424 bits per heavy atom. The number of quaternary nitrogens is 2. The first kappa shape index (κ1) is 61.5. The lowest BCUT2D eigenvalue weighted by Crippen LogP contribution is -2.37. The van der Waals surface area contributed by atoms with Crippen LogP contribution in [-0.2, 0) is 20.0 Å². The number of nitrogens with zero attached hydrogens (tertiary/aromatic N) is 2. The monoisotopic (exact) mass is 859 g/mol. The Labute approximate surface area is 367 Å². The molecule has 59 heavy (non-hydrogen) atoms. The van der Waals surface area contributed by atoms with E-state index in [-0.39, 0.29) is 11.8 Å². The molecule has 0 rings (SSSR count). The number of carbonyl (C=O) groups is 2. The maximum absolute atomic E-state index is 11.8. The summed E-state index contributed by atoms with van der Waals surface area (Å²) in [5.41, 5.74) is 0. The Bertz CT molecular complexity index is 1010. The second-order valence-corrected chi connectivity index (χ2v) is 19.3. The molecular weight excluding hydrogens is 761 g/mol. The van der Waals surface area contributed by atoms with Crippen molar-refractivity contribution in [1.82, 2.24) is 10.6 Å². The molecule has 0 aromatic carbocycles. The molecule has 0 aromatic rings. The lowest BCUT2D eigenvalue weighted by Gasteiger charge is -2.23. The van der Waals surface area contributed by atoms with E-state index in [1.165, 1.54) is 154 Å². The molecule has 0 radical (unpaired) electrons. The van der Waals surface area contributed by atoms with Crippen molar-refractivity contribution < 1.29 is 36.1 Å². The van der Waals surface area contributed by atoms with Crippen molar-refractivity contribution in [2.45, 2.75) is 206 Å². The van der Waals surface area contributed by atoms with Crippen LogP contribution in [0.5, 0.6) is 0 Å². The second kappa shape index (κ2) is 44.3. The molecule has 0 aliphatic rings. The predicted molar refractivity (Wildman–Crippen MR) is 250 cm³/mol. The minimum atomic E-state index is -5.17. The molecule has 0 heterocycles. The summed E-state index contributed by atoms with van der Waals surface area (Å²) >= 11 is 0. The number of rotatable bonds is 38. The molecule has 2 amide bonds. The van der Waals surface area contributed by atoms with Crippen LogP contribution in [0.3, 0.4) is 0 Å². The Morgan fingerprint density at radius 3 is 0.915 bits per heavy atom. The van der Waals surface area contributed by atoms with Crippen molar-refractivity contribution in [2.75, 3.05) is 68.5 Å². The van der Waals surface area contributed by atoms with Crippen molar-refractivity contribution in [3.63, 3.8) is 0 Å². The van der Waals surface area contributed by atoms with E-state index < -0.39 is 10.4 Å². The summed E-state index contributed by atoms with van der Waals surface area (Å²) in [7, 11) is 7.96. The van der Waals surface area contributed by atoms with E-state index in [4.69, 9.17) is 17.5 Å². The van der Waals surface area contributed by atoms with Gasteiger partial charge in [0.25, 0.3) is 0 Å². The summed E-state index contributed by atoms with van der Waals surface area (Å²) in [4.78, 5) is 23.6. The van der Waals surface area contributed by atoms with Crippen LogP contribution >= 0.6 is 0 Å². The summed E-state index contributed by atoms with van der Waals surface area (Å²) in [5, 5.41) is 6.09. The van der Waals surface area contributed by atoms with Gasteiger partial charge in [0.05, 0.1) is 55.4 Å². The van der Waals surface area contributed by atoms with Crippen LogP contribution in [0, 0.1) is 0 Å². The van der Waals surface area contributed by atoms with Crippen molar-refractivity contribution in [1.29, 1.82) is 0 Å². The Hall–Kier alpha value is -1.79. The van der Waals surface area contributed by atoms with E-state index in [0.29, 0.717) is 12.8 Å². The van der Waals surface area contributed by atoms with E-state index in [0.717, 1.165) is 60.8 Å². The van der Waals surface area contributed by atoms with E-state index in [1.54, 1.807) is 0 Å². The molecule has 0 aliphatic heterocycles. The van der Waals surface area contributed by atoms with Crippen molar-refractivity contribution >= 4 is 22.2 Å². The van der Waals surface area contributed by atoms with Gasteiger partial charge in [-0.15, -0.1) is 0 Å². The average molecular weight is 859 g/mol. The molecule has 0 atom stereocenters. The van der Waals surface area contributed by atoms with Gasteiger partial charge in [0.15, 0.2) is 0 Å². The lowest BCUT2D eigenvalue weighted by molar-refractivity contribution is -0.870. The predicted octanol–water partition coefficient (Wildman–Crippen LogP) is 11.1. The number of nitrogens with one attached hydrogen (secondary N) is 2. The minimum Gasteiger partial charge on any atom is -0.759 e. The molecule has 10 nitrogen and oxygen atoms in total. The first-order valence-corrected chi connectivity index (χ1v) is 25.4. The van der Waals surface area contributed by atoms with Gasteiger partial charge in [0, 0.05) is 49.2 Å². The molecule has 0 saturated heterocycles. The van der Waals surface area contributed by atoms with Gasteiger partial charge in [-0.1, -0.05) is 141 Å². The highest BCUT2D eigenvalue weighted by molar-refractivity contribution is 7.79. The highest BCUT2D eigenvalue weighted by Crippen LogP contribution is 2.12. The molecule has 2 N–H and O–H groups in total. The van der Waals surface area contributed by atoms with Crippen molar-refractivity contribution in [3.05, 3.63) is 24.3 Å². The van der Waals surface area contributed by atoms with Gasteiger partial charge in [0.2, 0.25) is 11.8 Å². The number of hydrogen-bond donors (Lipinski definition) is 2. The quantitative estimate of drug-likeness (QED) is 0.0208. The fourth-order valence-electron chi connectivity index (χ4n) is 6.45. The molecule has 11 heteroatoms. The van der Waals surface area contributed by atoms with Crippen LogP contribution < -0.4 is 10.6 Å². The number of allylic oxidation sites excluding steroid dienone is 4. The first-order chi connectivity index (χ1) is 27.9. The van der Waals surface area contributed by atoms with Gasteiger partial charge < -0.3 is 28.7 Å². The number of carbonyl (C=O) groups excluding carboxylic acids is 2. The number of hydrogen-bond acceptors (Lipinski definition) is 6. The second-order valence-electron chi connectivity index (χ2n) is 18.5. The van der Waals surface area contributed by atoms with E-state index in [2.05, 4.69) is 91.1 Å². The van der Waals surface area contributed by atoms with Crippen LogP contribution in [0.2, 0.25) is 0 Å². The maximum atomic E-state index is 11.8. The third kappa shape index (κ3) is 71.1. The Balaban J connectivity index is -0.000000951. The summed E-state index contributed by atoms with van der Waals surface area (Å²) in [6.45, 7) is 8.39. The molecule has 0 bridgehead atoms. The van der Waals surface area contributed by atoms with Crippen molar-refractivity contribution in [3.8, 4) is 0 Å². The van der Waals surface area contributed by atoms with E-state index in [9.17, 15) is 9.59 Å². The maximum Gasteiger partial charge on any atom is 0.219 e. The van der Waals surface area contributed by atoms with Gasteiger partial charge in [-0.2, -0.15) is 0 Å². The van der Waals surface area contributed by atoms with Crippen LogP contribution in [0.1, 0.15) is 206 Å². The third-order valence-corrected chi connectivity index (χ3v) is 9.99. The standard InChI is InChI=1S/2C24H48N2O.H2O4S/c2*1-5-6-7-8-9-10-11-12-13-14-15-16-17-18-19-21-24(27)25-22-20-23-26(2,3)4;1-5(2,3)4/h2*12-13H,5-11,14-23H2,1-4H3;(H2,1,2,3,4). The smallest absolute Gasteiger partial charge is 0.219 e. The zero-order valence-corrected chi connectivity index (χ0v) is 40.9. The average Bonchev–Trinajstić information content (AvgIpc) is 3.14. The van der Waals surface area contributed by atoms with Gasteiger partial charge in [-0.3, -0.25) is 18.0 Å². The lowest BCUT2D eigenvalue weighted by atomic mass is 10.1. The van der Waals surface area contributed by atoms with Crippen LogP contribution in [-0.4, -0.2) is 107 Å². The first-order valence-electron chi connectivity index (χ1n) is 24.0. The Kier molecular flexibility index (Phi) is 46.2.